The molecule has 1 unspecified atom stereocenters. The normalized spacial score (nSPS) is 23.3. The fraction of sp³-hybridized carbons (Fsp3) is 0.529. The minimum Gasteiger partial charge on any atom is -0.352 e. The number of aryl methyl sites for hydroxylation is 1. The van der Waals surface area contributed by atoms with Gasteiger partial charge >= 0.3 is 6.03 Å². The van der Waals surface area contributed by atoms with Crippen molar-refractivity contribution in [3.63, 3.8) is 0 Å². The van der Waals surface area contributed by atoms with Crippen molar-refractivity contribution in [2.45, 2.75) is 19.4 Å². The van der Waals surface area contributed by atoms with E-state index in [4.69, 9.17) is 5.73 Å². The first kappa shape index (κ1) is 18.5. The van der Waals surface area contributed by atoms with Crippen LogP contribution < -0.4 is 16.4 Å². The summed E-state index contributed by atoms with van der Waals surface area (Å²) < 4.78 is 0. The second-order valence-electron chi connectivity index (χ2n) is 6.60. The number of hydrogen-bond donors (Lipinski definition) is 3. The van der Waals surface area contributed by atoms with Crippen molar-refractivity contribution >= 4 is 24.3 Å². The van der Waals surface area contributed by atoms with E-state index in [0.29, 0.717) is 11.8 Å². The number of carbonyl (C=O) groups excluding carboxylic acids is 2. The molecule has 6 nitrogen and oxygen atoms in total. The van der Waals surface area contributed by atoms with Crippen LogP contribution in [0, 0.1) is 18.8 Å². The second kappa shape index (κ2) is 7.85. The van der Waals surface area contributed by atoms with Gasteiger partial charge < -0.3 is 21.3 Å². The first-order valence-corrected chi connectivity index (χ1v) is 8.14. The molecule has 4 N–H and O–H groups in total. The van der Waals surface area contributed by atoms with Crippen molar-refractivity contribution < 1.29 is 9.59 Å². The molecular formula is C17H25ClN4O2. The van der Waals surface area contributed by atoms with Gasteiger partial charge in [0.2, 0.25) is 5.91 Å². The number of fused-ring (bicyclic) bond motifs is 1. The van der Waals surface area contributed by atoms with E-state index in [-0.39, 0.29) is 30.8 Å². The Morgan fingerprint density at radius 1 is 1.29 bits per heavy atom. The maximum absolute atomic E-state index is 12.7. The highest BCUT2D eigenvalue weighted by molar-refractivity contribution is 5.85. The van der Waals surface area contributed by atoms with Crippen molar-refractivity contribution in [1.29, 1.82) is 0 Å². The standard InChI is InChI=1S/C17H24N4O2.ClH/c1-11-4-2-3-5-14(11)15(20-17(18)23)6-16(22)21-9-12-7-19-8-13(12)10-21;/h2-5,12-13,15,19H,6-10H2,1H3,(H3,18,20,23);1H/t12-,13+,15?;. The average molecular weight is 353 g/mol. The van der Waals surface area contributed by atoms with Gasteiger partial charge in [-0.2, -0.15) is 0 Å². The molecule has 2 fully saturated rings. The van der Waals surface area contributed by atoms with Crippen molar-refractivity contribution in [2.24, 2.45) is 17.6 Å². The molecule has 0 radical (unpaired) electrons. The third kappa shape index (κ3) is 3.99. The molecule has 1 aromatic rings. The van der Waals surface area contributed by atoms with Crippen LogP contribution in [0.25, 0.3) is 0 Å². The van der Waals surface area contributed by atoms with E-state index in [1.165, 1.54) is 0 Å². The van der Waals surface area contributed by atoms with Crippen LogP contribution in [0.5, 0.6) is 0 Å². The lowest BCUT2D eigenvalue weighted by Crippen LogP contribution is -2.38. The summed E-state index contributed by atoms with van der Waals surface area (Å²) in [4.78, 5) is 25.9. The SMILES string of the molecule is Cc1ccccc1C(CC(=O)N1C[C@H]2CNC[C@H]2C1)NC(N)=O.Cl. The Bertz CT molecular complexity index is 598. The molecule has 7 heteroatoms. The highest BCUT2D eigenvalue weighted by Gasteiger charge is 2.38. The third-order valence-corrected chi connectivity index (χ3v) is 5.00. The summed E-state index contributed by atoms with van der Waals surface area (Å²) in [6.45, 7) is 5.59. The maximum atomic E-state index is 12.7. The number of rotatable bonds is 4. The lowest BCUT2D eigenvalue weighted by Gasteiger charge is -2.23. The zero-order valence-corrected chi connectivity index (χ0v) is 14.6. The first-order chi connectivity index (χ1) is 11.0. The van der Waals surface area contributed by atoms with E-state index in [1.54, 1.807) is 0 Å². The molecule has 0 bridgehead atoms. The van der Waals surface area contributed by atoms with Crippen LogP contribution in [0.1, 0.15) is 23.6 Å². The van der Waals surface area contributed by atoms with Gasteiger partial charge in [-0.15, -0.1) is 12.4 Å². The maximum Gasteiger partial charge on any atom is 0.312 e. The molecule has 0 aromatic heterocycles. The lowest BCUT2D eigenvalue weighted by molar-refractivity contribution is -0.130. The second-order valence-corrected chi connectivity index (χ2v) is 6.60. The average Bonchev–Trinajstić information content (AvgIpc) is 3.07. The van der Waals surface area contributed by atoms with Crippen LogP contribution in [-0.2, 0) is 4.79 Å². The van der Waals surface area contributed by atoms with E-state index in [1.807, 2.05) is 36.1 Å². The Balaban J connectivity index is 0.00000208. The summed E-state index contributed by atoms with van der Waals surface area (Å²) in [5.41, 5.74) is 7.29. The van der Waals surface area contributed by atoms with Crippen molar-refractivity contribution in [1.82, 2.24) is 15.5 Å². The van der Waals surface area contributed by atoms with Crippen LogP contribution in [0.3, 0.4) is 0 Å². The summed E-state index contributed by atoms with van der Waals surface area (Å²) in [5.74, 6) is 1.22. The summed E-state index contributed by atoms with van der Waals surface area (Å²) in [7, 11) is 0. The Labute approximate surface area is 148 Å². The molecule has 0 aliphatic carbocycles. The number of nitrogens with zero attached hydrogens (tertiary/aromatic N) is 1. The van der Waals surface area contributed by atoms with Crippen molar-refractivity contribution in [3.05, 3.63) is 35.4 Å². The number of nitrogens with one attached hydrogen (secondary N) is 2. The number of likely N-dealkylation sites (tertiary alicyclic amines) is 1. The molecule has 3 atom stereocenters. The van der Waals surface area contributed by atoms with Gasteiger partial charge in [-0.25, -0.2) is 4.79 Å². The molecule has 0 saturated carbocycles. The van der Waals surface area contributed by atoms with Crippen LogP contribution in [0.2, 0.25) is 0 Å². The Kier molecular flexibility index (Phi) is 6.07. The number of amides is 3. The minimum absolute atomic E-state index is 0. The minimum atomic E-state index is -0.603. The monoisotopic (exact) mass is 352 g/mol. The fourth-order valence-corrected chi connectivity index (χ4v) is 3.75. The third-order valence-electron chi connectivity index (χ3n) is 5.00. The van der Waals surface area contributed by atoms with Crippen LogP contribution in [0.15, 0.2) is 24.3 Å². The molecule has 0 spiro atoms. The van der Waals surface area contributed by atoms with Gasteiger partial charge in [0, 0.05) is 26.2 Å². The highest BCUT2D eigenvalue weighted by Crippen LogP contribution is 2.28. The molecule has 1 aromatic carbocycles. The van der Waals surface area contributed by atoms with E-state index >= 15 is 0 Å². The lowest BCUT2D eigenvalue weighted by atomic mass is 9.98. The summed E-state index contributed by atoms with van der Waals surface area (Å²) in [6, 6.07) is 6.78. The molecule has 2 aliphatic rings. The number of urea groups is 1. The number of primary amides is 1. The molecule has 2 saturated heterocycles. The number of carbonyl (C=O) groups is 2. The molecule has 132 valence electrons. The number of nitrogens with two attached hydrogens (primary N) is 1. The Morgan fingerprint density at radius 3 is 2.50 bits per heavy atom. The summed E-state index contributed by atoms with van der Waals surface area (Å²) >= 11 is 0. The molecule has 24 heavy (non-hydrogen) atoms. The highest BCUT2D eigenvalue weighted by atomic mass is 35.5. The predicted octanol–water partition coefficient (Wildman–Crippen LogP) is 1.19. The van der Waals surface area contributed by atoms with Gasteiger partial charge in [-0.05, 0) is 29.9 Å². The number of halogens is 1. The summed E-state index contributed by atoms with van der Waals surface area (Å²) in [6.07, 6.45) is 0.251. The van der Waals surface area contributed by atoms with Crippen molar-refractivity contribution in [3.8, 4) is 0 Å². The quantitative estimate of drug-likeness (QED) is 0.760. The molecular weight excluding hydrogens is 328 g/mol. The molecule has 2 heterocycles. The topological polar surface area (TPSA) is 87.5 Å². The zero-order chi connectivity index (χ0) is 16.4. The smallest absolute Gasteiger partial charge is 0.312 e. The summed E-state index contributed by atoms with van der Waals surface area (Å²) in [5, 5.41) is 6.09. The Morgan fingerprint density at radius 2 is 1.92 bits per heavy atom. The fourth-order valence-electron chi connectivity index (χ4n) is 3.75. The van der Waals surface area contributed by atoms with Gasteiger partial charge in [-0.3, -0.25) is 4.79 Å². The van der Waals surface area contributed by atoms with Gasteiger partial charge in [0.05, 0.1) is 12.5 Å². The predicted molar refractivity (Wildman–Crippen MR) is 94.9 cm³/mol. The largest absolute Gasteiger partial charge is 0.352 e. The molecule has 2 aliphatic heterocycles. The van der Waals surface area contributed by atoms with Gasteiger partial charge in [0.15, 0.2) is 0 Å². The van der Waals surface area contributed by atoms with E-state index < -0.39 is 6.03 Å². The van der Waals surface area contributed by atoms with E-state index in [9.17, 15) is 9.59 Å². The van der Waals surface area contributed by atoms with Crippen LogP contribution in [0.4, 0.5) is 4.79 Å². The van der Waals surface area contributed by atoms with Crippen LogP contribution in [-0.4, -0.2) is 43.0 Å². The van der Waals surface area contributed by atoms with Crippen molar-refractivity contribution in [2.75, 3.05) is 26.2 Å². The number of benzene rings is 1. The van der Waals surface area contributed by atoms with Gasteiger partial charge in [0.25, 0.3) is 0 Å². The molecule has 3 amide bonds. The zero-order valence-electron chi connectivity index (χ0n) is 13.8. The number of hydrogen-bond acceptors (Lipinski definition) is 3. The van der Waals surface area contributed by atoms with Gasteiger partial charge in [-0.1, -0.05) is 24.3 Å². The van der Waals surface area contributed by atoms with Crippen LogP contribution >= 0.6 is 12.4 Å². The van der Waals surface area contributed by atoms with E-state index in [0.717, 1.165) is 37.3 Å². The van der Waals surface area contributed by atoms with Gasteiger partial charge in [0.1, 0.15) is 0 Å². The Hall–Kier alpha value is -1.79. The van der Waals surface area contributed by atoms with E-state index in [2.05, 4.69) is 10.6 Å². The first-order valence-electron chi connectivity index (χ1n) is 8.14. The molecule has 3 rings (SSSR count).